The van der Waals surface area contributed by atoms with Crippen LogP contribution in [-0.2, 0) is 4.74 Å². The summed E-state index contributed by atoms with van der Waals surface area (Å²) in [6, 6.07) is 8.30. The summed E-state index contributed by atoms with van der Waals surface area (Å²) in [6.45, 7) is 1.93. The summed E-state index contributed by atoms with van der Waals surface area (Å²) in [5.74, 6) is 0. The summed E-state index contributed by atoms with van der Waals surface area (Å²) in [5.41, 5.74) is 2.32. The lowest BCUT2D eigenvalue weighted by molar-refractivity contribution is -0.119. The standard InChI is InChI=1S/C12H15NO2/c1-7-12(14)10-6-11(15-7)8-4-2-3-5-9(8)13-10/h2-5,7,10-14H,6H2,1H3/t7-,10+,11+,12-/m0/s1. The Labute approximate surface area is 89.1 Å². The van der Waals surface area contributed by atoms with Crippen LogP contribution in [-0.4, -0.2) is 23.4 Å². The minimum Gasteiger partial charge on any atom is -0.388 e. The van der Waals surface area contributed by atoms with E-state index in [0.29, 0.717) is 0 Å². The number of ether oxygens (including phenoxy) is 1. The number of hydrogen-bond donors (Lipinski definition) is 2. The van der Waals surface area contributed by atoms with Crippen molar-refractivity contribution in [2.45, 2.75) is 37.7 Å². The fourth-order valence-electron chi connectivity index (χ4n) is 2.55. The molecule has 3 rings (SSSR count). The number of para-hydroxylation sites is 1. The highest BCUT2D eigenvalue weighted by molar-refractivity contribution is 5.55. The van der Waals surface area contributed by atoms with Crippen LogP contribution in [0.25, 0.3) is 0 Å². The second-order valence-corrected chi connectivity index (χ2v) is 4.39. The summed E-state index contributed by atoms with van der Waals surface area (Å²) in [4.78, 5) is 0. The van der Waals surface area contributed by atoms with Crippen molar-refractivity contribution < 1.29 is 9.84 Å². The molecule has 3 nitrogen and oxygen atoms in total. The van der Waals surface area contributed by atoms with E-state index in [4.69, 9.17) is 4.74 Å². The summed E-state index contributed by atoms with van der Waals surface area (Å²) >= 11 is 0. The third-order valence-corrected chi connectivity index (χ3v) is 3.39. The van der Waals surface area contributed by atoms with Gasteiger partial charge in [-0.3, -0.25) is 0 Å². The third-order valence-electron chi connectivity index (χ3n) is 3.39. The number of rotatable bonds is 0. The Balaban J connectivity index is 2.01. The number of fused-ring (bicyclic) bond motifs is 4. The van der Waals surface area contributed by atoms with E-state index < -0.39 is 6.10 Å². The predicted octanol–water partition coefficient (Wildman–Crippen LogP) is 1.69. The van der Waals surface area contributed by atoms with Crippen molar-refractivity contribution in [3.05, 3.63) is 29.8 Å². The van der Waals surface area contributed by atoms with E-state index in [1.807, 2.05) is 25.1 Å². The van der Waals surface area contributed by atoms with Gasteiger partial charge >= 0.3 is 0 Å². The minimum absolute atomic E-state index is 0.0883. The van der Waals surface area contributed by atoms with Gasteiger partial charge in [-0.05, 0) is 13.0 Å². The van der Waals surface area contributed by atoms with Gasteiger partial charge in [0.25, 0.3) is 0 Å². The van der Waals surface area contributed by atoms with Crippen LogP contribution in [0.5, 0.6) is 0 Å². The van der Waals surface area contributed by atoms with E-state index in [-0.39, 0.29) is 18.2 Å². The summed E-state index contributed by atoms with van der Waals surface area (Å²) < 4.78 is 5.81. The summed E-state index contributed by atoms with van der Waals surface area (Å²) in [5, 5.41) is 13.3. The molecule has 3 heteroatoms. The molecule has 1 aromatic carbocycles. The Bertz CT molecular complexity index is 380. The first-order valence-electron chi connectivity index (χ1n) is 5.44. The van der Waals surface area contributed by atoms with Gasteiger partial charge in [0.1, 0.15) is 6.10 Å². The van der Waals surface area contributed by atoms with Crippen molar-refractivity contribution in [1.82, 2.24) is 0 Å². The highest BCUT2D eigenvalue weighted by Gasteiger charge is 2.39. The lowest BCUT2D eigenvalue weighted by Crippen LogP contribution is -2.50. The average molecular weight is 205 g/mol. The Morgan fingerprint density at radius 2 is 2.20 bits per heavy atom. The molecule has 80 valence electrons. The Morgan fingerprint density at radius 1 is 1.40 bits per heavy atom. The third kappa shape index (κ3) is 1.34. The summed E-state index contributed by atoms with van der Waals surface area (Å²) in [7, 11) is 0. The minimum atomic E-state index is -0.408. The van der Waals surface area contributed by atoms with E-state index in [1.165, 1.54) is 5.56 Å². The topological polar surface area (TPSA) is 41.5 Å². The van der Waals surface area contributed by atoms with Gasteiger partial charge in [0.2, 0.25) is 0 Å². The molecule has 0 amide bonds. The fourth-order valence-corrected chi connectivity index (χ4v) is 2.55. The fraction of sp³-hybridized carbons (Fsp3) is 0.500. The molecule has 2 aliphatic rings. The Hall–Kier alpha value is -1.06. The zero-order chi connectivity index (χ0) is 10.4. The molecule has 0 radical (unpaired) electrons. The number of nitrogens with one attached hydrogen (secondary N) is 1. The largest absolute Gasteiger partial charge is 0.388 e. The van der Waals surface area contributed by atoms with E-state index in [2.05, 4.69) is 11.4 Å². The van der Waals surface area contributed by atoms with E-state index in [1.54, 1.807) is 0 Å². The van der Waals surface area contributed by atoms with Crippen molar-refractivity contribution in [2.75, 3.05) is 5.32 Å². The molecule has 1 fully saturated rings. The van der Waals surface area contributed by atoms with Gasteiger partial charge < -0.3 is 15.2 Å². The highest BCUT2D eigenvalue weighted by atomic mass is 16.5. The molecular weight excluding hydrogens is 190 g/mol. The molecule has 2 heterocycles. The van der Waals surface area contributed by atoms with Gasteiger partial charge in [0.05, 0.1) is 18.2 Å². The molecule has 1 saturated heterocycles. The molecule has 1 aromatic rings. The molecule has 0 saturated carbocycles. The van der Waals surface area contributed by atoms with Crippen molar-refractivity contribution in [3.63, 3.8) is 0 Å². The van der Waals surface area contributed by atoms with Crippen LogP contribution in [0, 0.1) is 0 Å². The van der Waals surface area contributed by atoms with Gasteiger partial charge in [-0.2, -0.15) is 0 Å². The van der Waals surface area contributed by atoms with Gasteiger partial charge in [-0.1, -0.05) is 18.2 Å². The lowest BCUT2D eigenvalue weighted by Gasteiger charge is -2.43. The molecule has 0 unspecified atom stereocenters. The van der Waals surface area contributed by atoms with E-state index >= 15 is 0 Å². The van der Waals surface area contributed by atoms with Gasteiger partial charge in [-0.15, -0.1) is 0 Å². The average Bonchev–Trinajstić information content (AvgIpc) is 2.26. The van der Waals surface area contributed by atoms with Crippen LogP contribution in [0.4, 0.5) is 5.69 Å². The van der Waals surface area contributed by atoms with Gasteiger partial charge in [-0.25, -0.2) is 0 Å². The predicted molar refractivity (Wildman–Crippen MR) is 57.8 cm³/mol. The SMILES string of the molecule is C[C@@H]1O[C@@H]2C[C@@H](Nc3ccccc32)[C@H]1O. The first-order chi connectivity index (χ1) is 7.25. The maximum absolute atomic E-state index is 9.93. The molecule has 0 aliphatic carbocycles. The molecule has 2 bridgehead atoms. The highest BCUT2D eigenvalue weighted by Crippen LogP contribution is 2.40. The van der Waals surface area contributed by atoms with Crippen molar-refractivity contribution in [1.29, 1.82) is 0 Å². The van der Waals surface area contributed by atoms with Crippen LogP contribution < -0.4 is 5.32 Å². The first kappa shape index (κ1) is 9.19. The van der Waals surface area contributed by atoms with Gasteiger partial charge in [0.15, 0.2) is 0 Å². The normalized spacial score (nSPS) is 38.0. The Kier molecular flexibility index (Phi) is 1.97. The van der Waals surface area contributed by atoms with E-state index in [9.17, 15) is 5.11 Å². The van der Waals surface area contributed by atoms with Crippen LogP contribution >= 0.6 is 0 Å². The molecular formula is C12H15NO2. The molecule has 0 aromatic heterocycles. The quantitative estimate of drug-likeness (QED) is 0.677. The zero-order valence-electron chi connectivity index (χ0n) is 8.68. The monoisotopic (exact) mass is 205 g/mol. The molecule has 4 atom stereocenters. The second-order valence-electron chi connectivity index (χ2n) is 4.39. The van der Waals surface area contributed by atoms with Crippen LogP contribution in [0.15, 0.2) is 24.3 Å². The van der Waals surface area contributed by atoms with Crippen LogP contribution in [0.2, 0.25) is 0 Å². The number of aliphatic hydroxyl groups is 1. The van der Waals surface area contributed by atoms with Crippen molar-refractivity contribution >= 4 is 5.69 Å². The lowest BCUT2D eigenvalue weighted by atomic mass is 9.87. The van der Waals surface area contributed by atoms with Crippen molar-refractivity contribution in [2.24, 2.45) is 0 Å². The number of anilines is 1. The molecule has 15 heavy (non-hydrogen) atoms. The maximum atomic E-state index is 9.93. The van der Waals surface area contributed by atoms with Gasteiger partial charge in [0, 0.05) is 17.7 Å². The smallest absolute Gasteiger partial charge is 0.100 e. The number of aliphatic hydroxyl groups excluding tert-OH is 1. The number of hydrogen-bond acceptors (Lipinski definition) is 3. The zero-order valence-corrected chi connectivity index (χ0v) is 8.68. The van der Waals surface area contributed by atoms with Crippen LogP contribution in [0.1, 0.15) is 25.0 Å². The van der Waals surface area contributed by atoms with E-state index in [0.717, 1.165) is 12.1 Å². The van der Waals surface area contributed by atoms with Crippen molar-refractivity contribution in [3.8, 4) is 0 Å². The Morgan fingerprint density at radius 3 is 3.07 bits per heavy atom. The molecule has 0 spiro atoms. The van der Waals surface area contributed by atoms with Crippen LogP contribution in [0.3, 0.4) is 0 Å². The second kappa shape index (κ2) is 3.22. The first-order valence-corrected chi connectivity index (χ1v) is 5.44. The number of benzene rings is 1. The summed E-state index contributed by atoms with van der Waals surface area (Å²) in [6.07, 6.45) is 0.512. The molecule has 2 N–H and O–H groups in total. The maximum Gasteiger partial charge on any atom is 0.100 e. The molecule has 2 aliphatic heterocycles.